The number of carbonyl (C=O) groups is 2. The minimum absolute atomic E-state index is 0.0574. The molecule has 94 valence electrons. The number of anilines is 1. The van der Waals surface area contributed by atoms with E-state index >= 15 is 0 Å². The minimum Gasteiger partial charge on any atom is -0.460 e. The molecule has 0 saturated carbocycles. The number of hydrogen-bond donors (Lipinski definition) is 1. The molecule has 1 N–H and O–H groups in total. The van der Waals surface area contributed by atoms with Crippen molar-refractivity contribution in [1.82, 2.24) is 10.2 Å². The number of esters is 1. The molecule has 0 aliphatic rings. The second-order valence-corrected chi connectivity index (χ2v) is 5.21. The molecule has 1 aromatic heterocycles. The van der Waals surface area contributed by atoms with Crippen LogP contribution in [0.25, 0.3) is 0 Å². The van der Waals surface area contributed by atoms with E-state index in [2.05, 4.69) is 15.5 Å². The van der Waals surface area contributed by atoms with Crippen LogP contribution in [-0.4, -0.2) is 27.7 Å². The topological polar surface area (TPSA) is 81.2 Å². The first kappa shape index (κ1) is 13.6. The first-order valence-corrected chi connectivity index (χ1v) is 6.02. The van der Waals surface area contributed by atoms with Crippen LogP contribution in [0.1, 0.15) is 33.6 Å². The van der Waals surface area contributed by atoms with Gasteiger partial charge in [0.1, 0.15) is 11.1 Å². The van der Waals surface area contributed by atoms with E-state index in [1.807, 2.05) is 0 Å². The maximum Gasteiger partial charge on any atom is 0.306 e. The Labute approximate surface area is 103 Å². The van der Waals surface area contributed by atoms with E-state index in [-0.39, 0.29) is 24.7 Å². The largest absolute Gasteiger partial charge is 0.460 e. The zero-order valence-corrected chi connectivity index (χ0v) is 10.8. The van der Waals surface area contributed by atoms with Crippen molar-refractivity contribution in [3.8, 4) is 0 Å². The van der Waals surface area contributed by atoms with Crippen LogP contribution in [0.5, 0.6) is 0 Å². The van der Waals surface area contributed by atoms with Crippen molar-refractivity contribution < 1.29 is 14.3 Å². The van der Waals surface area contributed by atoms with E-state index in [9.17, 15) is 9.59 Å². The van der Waals surface area contributed by atoms with Crippen LogP contribution < -0.4 is 5.32 Å². The van der Waals surface area contributed by atoms with Crippen molar-refractivity contribution >= 4 is 28.3 Å². The number of nitrogens with one attached hydrogen (secondary N) is 1. The van der Waals surface area contributed by atoms with E-state index in [4.69, 9.17) is 4.74 Å². The molecule has 1 heterocycles. The molecule has 7 heteroatoms. The van der Waals surface area contributed by atoms with Gasteiger partial charge in [-0.2, -0.15) is 0 Å². The molecule has 0 atom stereocenters. The predicted octanol–water partition coefficient (Wildman–Crippen LogP) is 1.60. The summed E-state index contributed by atoms with van der Waals surface area (Å²) in [5, 5.41) is 10.2. The molecule has 17 heavy (non-hydrogen) atoms. The molecule has 6 nitrogen and oxygen atoms in total. The Kier molecular flexibility index (Phi) is 4.56. The van der Waals surface area contributed by atoms with Crippen LogP contribution in [-0.2, 0) is 14.3 Å². The summed E-state index contributed by atoms with van der Waals surface area (Å²) in [7, 11) is 0. The Morgan fingerprint density at radius 1 is 1.41 bits per heavy atom. The highest BCUT2D eigenvalue weighted by molar-refractivity contribution is 7.13. The molecule has 0 bridgehead atoms. The summed E-state index contributed by atoms with van der Waals surface area (Å²) in [6, 6.07) is 0. The van der Waals surface area contributed by atoms with Gasteiger partial charge < -0.3 is 10.1 Å². The molecule has 1 amide bonds. The van der Waals surface area contributed by atoms with Crippen LogP contribution in [0.2, 0.25) is 0 Å². The maximum absolute atomic E-state index is 11.4. The molecule has 1 aromatic rings. The Bertz CT molecular complexity index is 384. The zero-order valence-electron chi connectivity index (χ0n) is 10.0. The molecule has 0 aliphatic carbocycles. The van der Waals surface area contributed by atoms with E-state index in [0.717, 1.165) is 0 Å². The number of rotatable bonds is 4. The van der Waals surface area contributed by atoms with Gasteiger partial charge in [0.15, 0.2) is 0 Å². The fourth-order valence-electron chi connectivity index (χ4n) is 1.02. The second kappa shape index (κ2) is 5.72. The van der Waals surface area contributed by atoms with Crippen LogP contribution in [0.15, 0.2) is 5.51 Å². The number of amides is 1. The van der Waals surface area contributed by atoms with Gasteiger partial charge >= 0.3 is 5.97 Å². The first-order valence-electron chi connectivity index (χ1n) is 5.15. The molecule has 0 aliphatic heterocycles. The smallest absolute Gasteiger partial charge is 0.306 e. The van der Waals surface area contributed by atoms with Gasteiger partial charge in [0.05, 0.1) is 6.42 Å². The predicted molar refractivity (Wildman–Crippen MR) is 63.6 cm³/mol. The summed E-state index contributed by atoms with van der Waals surface area (Å²) in [6.07, 6.45) is 0.135. The third kappa shape index (κ3) is 5.96. The second-order valence-electron chi connectivity index (χ2n) is 4.38. The SMILES string of the molecule is CC(C)(C)OC(=O)CCC(=O)Nc1nncs1. The molecule has 0 unspecified atom stereocenters. The van der Waals surface area contributed by atoms with E-state index in [1.54, 1.807) is 20.8 Å². The van der Waals surface area contributed by atoms with Gasteiger partial charge in [0.2, 0.25) is 11.0 Å². The number of nitrogens with zero attached hydrogens (tertiary/aromatic N) is 2. The van der Waals surface area contributed by atoms with Crippen molar-refractivity contribution in [2.45, 2.75) is 39.2 Å². The normalized spacial score (nSPS) is 11.0. The summed E-state index contributed by atoms with van der Waals surface area (Å²) >= 11 is 1.23. The fraction of sp³-hybridized carbons (Fsp3) is 0.600. The van der Waals surface area contributed by atoms with E-state index in [0.29, 0.717) is 5.13 Å². The highest BCUT2D eigenvalue weighted by atomic mass is 32.1. The van der Waals surface area contributed by atoms with Gasteiger partial charge in [-0.05, 0) is 20.8 Å². The molecule has 0 fully saturated rings. The molecule has 0 saturated heterocycles. The fourth-order valence-corrected chi connectivity index (χ4v) is 1.48. The average molecular weight is 257 g/mol. The Morgan fingerprint density at radius 2 is 2.12 bits per heavy atom. The van der Waals surface area contributed by atoms with E-state index < -0.39 is 5.60 Å². The Balaban J connectivity index is 2.26. The van der Waals surface area contributed by atoms with Crippen molar-refractivity contribution in [3.05, 3.63) is 5.51 Å². The van der Waals surface area contributed by atoms with Gasteiger partial charge in [0.25, 0.3) is 0 Å². The molecule has 0 radical (unpaired) electrons. The van der Waals surface area contributed by atoms with Gasteiger partial charge in [0, 0.05) is 6.42 Å². The summed E-state index contributed by atoms with van der Waals surface area (Å²) < 4.78 is 5.08. The lowest BCUT2D eigenvalue weighted by Crippen LogP contribution is -2.24. The summed E-state index contributed by atoms with van der Waals surface area (Å²) in [5.41, 5.74) is 0.996. The molecule has 0 aromatic carbocycles. The van der Waals surface area contributed by atoms with Crippen LogP contribution >= 0.6 is 11.3 Å². The third-order valence-electron chi connectivity index (χ3n) is 1.58. The number of aromatic nitrogens is 2. The molecule has 0 spiro atoms. The average Bonchev–Trinajstić information content (AvgIpc) is 2.64. The third-order valence-corrected chi connectivity index (χ3v) is 2.19. The van der Waals surface area contributed by atoms with Crippen molar-refractivity contribution in [1.29, 1.82) is 0 Å². The van der Waals surface area contributed by atoms with Crippen LogP contribution in [0.3, 0.4) is 0 Å². The first-order chi connectivity index (χ1) is 7.87. The lowest BCUT2D eigenvalue weighted by molar-refractivity contribution is -0.155. The Morgan fingerprint density at radius 3 is 2.65 bits per heavy atom. The highest BCUT2D eigenvalue weighted by Gasteiger charge is 2.17. The Hall–Kier alpha value is -1.50. The maximum atomic E-state index is 11.4. The van der Waals surface area contributed by atoms with Gasteiger partial charge in [-0.1, -0.05) is 11.3 Å². The molecule has 1 rings (SSSR count). The van der Waals surface area contributed by atoms with Crippen molar-refractivity contribution in [2.75, 3.05) is 5.32 Å². The van der Waals surface area contributed by atoms with Crippen molar-refractivity contribution in [3.63, 3.8) is 0 Å². The lowest BCUT2D eigenvalue weighted by Gasteiger charge is -2.19. The number of ether oxygens (including phenoxy) is 1. The van der Waals surface area contributed by atoms with Gasteiger partial charge in [-0.25, -0.2) is 0 Å². The highest BCUT2D eigenvalue weighted by Crippen LogP contribution is 2.11. The lowest BCUT2D eigenvalue weighted by atomic mass is 10.2. The summed E-state index contributed by atoms with van der Waals surface area (Å²) in [4.78, 5) is 22.7. The van der Waals surface area contributed by atoms with Crippen LogP contribution in [0.4, 0.5) is 5.13 Å². The summed E-state index contributed by atoms with van der Waals surface area (Å²) in [6.45, 7) is 5.35. The molecular formula is C10H15N3O3S. The van der Waals surface area contributed by atoms with E-state index in [1.165, 1.54) is 16.8 Å². The van der Waals surface area contributed by atoms with Crippen LogP contribution in [0, 0.1) is 0 Å². The quantitative estimate of drug-likeness (QED) is 0.828. The minimum atomic E-state index is -0.521. The van der Waals surface area contributed by atoms with Gasteiger partial charge in [-0.15, -0.1) is 10.2 Å². The summed E-state index contributed by atoms with van der Waals surface area (Å²) in [5.74, 6) is -0.655. The zero-order chi connectivity index (χ0) is 12.9. The van der Waals surface area contributed by atoms with Gasteiger partial charge in [-0.3, -0.25) is 9.59 Å². The number of hydrogen-bond acceptors (Lipinski definition) is 6. The standard InChI is InChI=1S/C10H15N3O3S/c1-10(2,3)16-8(15)5-4-7(14)12-9-13-11-6-17-9/h6H,4-5H2,1-3H3,(H,12,13,14). The molecular weight excluding hydrogens is 242 g/mol. The monoisotopic (exact) mass is 257 g/mol. The van der Waals surface area contributed by atoms with Crippen molar-refractivity contribution in [2.24, 2.45) is 0 Å². The number of carbonyl (C=O) groups excluding carboxylic acids is 2.